The van der Waals surface area contributed by atoms with E-state index in [1.54, 1.807) is 0 Å². The Morgan fingerprint density at radius 3 is 2.39 bits per heavy atom. The van der Waals surface area contributed by atoms with Crippen LogP contribution in [0.3, 0.4) is 0 Å². The summed E-state index contributed by atoms with van der Waals surface area (Å²) in [7, 11) is -1.98. The van der Waals surface area contributed by atoms with E-state index >= 15 is 0 Å². The van der Waals surface area contributed by atoms with E-state index in [-0.39, 0.29) is 29.4 Å². The molecule has 0 bridgehead atoms. The van der Waals surface area contributed by atoms with Crippen LogP contribution in [0.1, 0.15) is 71.3 Å². The zero-order chi connectivity index (χ0) is 23.1. The molecule has 1 fully saturated rings. The number of benzene rings is 1. The number of carbonyl (C=O) groups excluding carboxylic acids is 1. The largest absolute Gasteiger partial charge is 0.481 e. The molecular formula is C26H40O4Si. The first kappa shape index (κ1) is 25.5. The van der Waals surface area contributed by atoms with Crippen molar-refractivity contribution < 1.29 is 19.1 Å². The Bertz CT molecular complexity index is 748. The number of hydrogen-bond acceptors (Lipinski definition) is 3. The predicted molar refractivity (Wildman–Crippen MR) is 129 cm³/mol. The molecule has 0 saturated heterocycles. The molecule has 3 atom stereocenters. The maximum atomic E-state index is 13.0. The summed E-state index contributed by atoms with van der Waals surface area (Å²) in [4.78, 5) is 23.6. The second-order valence-electron chi connectivity index (χ2n) is 10.4. The number of rotatable bonds is 11. The molecule has 1 aliphatic rings. The molecule has 0 aromatic heterocycles. The van der Waals surface area contributed by atoms with Crippen molar-refractivity contribution in [1.82, 2.24) is 0 Å². The molecular weight excluding hydrogens is 404 g/mol. The third-order valence-corrected chi connectivity index (χ3v) is 11.4. The van der Waals surface area contributed by atoms with Gasteiger partial charge in [-0.05, 0) is 36.5 Å². The number of Topliss-reactive ketones (excluding diaryl/α,β-unsaturated/α-hetero) is 1. The van der Waals surface area contributed by atoms with Gasteiger partial charge in [0, 0.05) is 24.7 Å². The summed E-state index contributed by atoms with van der Waals surface area (Å²) in [6, 6.07) is 10.2. The molecule has 1 N–H and O–H groups in total. The first-order valence-corrected chi connectivity index (χ1v) is 14.6. The van der Waals surface area contributed by atoms with E-state index in [1.807, 2.05) is 18.2 Å². The van der Waals surface area contributed by atoms with Crippen molar-refractivity contribution in [3.63, 3.8) is 0 Å². The first-order chi connectivity index (χ1) is 14.5. The average Bonchev–Trinajstić information content (AvgIpc) is 2.96. The number of carboxylic acids is 1. The number of carboxylic acid groups (broad SMARTS) is 1. The van der Waals surface area contributed by atoms with Crippen LogP contribution in [-0.2, 0) is 14.0 Å². The molecule has 3 unspecified atom stereocenters. The fraction of sp³-hybridized carbons (Fsp3) is 0.615. The van der Waals surface area contributed by atoms with Crippen LogP contribution in [0.25, 0.3) is 6.08 Å². The van der Waals surface area contributed by atoms with Gasteiger partial charge in [0.25, 0.3) is 0 Å². The lowest BCUT2D eigenvalue weighted by Crippen LogP contribution is -2.45. The molecule has 1 aromatic carbocycles. The lowest BCUT2D eigenvalue weighted by atomic mass is 9.88. The van der Waals surface area contributed by atoms with Crippen LogP contribution in [0.15, 0.2) is 36.4 Å². The lowest BCUT2D eigenvalue weighted by Gasteiger charge is -2.39. The molecule has 0 radical (unpaired) electrons. The molecule has 1 aliphatic carbocycles. The number of carbonyl (C=O) groups is 2. The Kier molecular flexibility index (Phi) is 9.25. The van der Waals surface area contributed by atoms with E-state index in [0.29, 0.717) is 18.6 Å². The summed E-state index contributed by atoms with van der Waals surface area (Å²) in [5.74, 6) is -0.324. The minimum absolute atomic E-state index is 0.00537. The number of aliphatic carboxylic acids is 1. The smallest absolute Gasteiger partial charge is 0.303 e. The molecule has 5 heteroatoms. The number of hydrogen-bond donors (Lipinski definition) is 1. The zero-order valence-electron chi connectivity index (χ0n) is 19.9. The third-order valence-electron chi connectivity index (χ3n) is 6.93. The van der Waals surface area contributed by atoms with Crippen LogP contribution in [0, 0.1) is 11.8 Å². The van der Waals surface area contributed by atoms with Crippen molar-refractivity contribution in [2.75, 3.05) is 0 Å². The van der Waals surface area contributed by atoms with Gasteiger partial charge >= 0.3 is 5.97 Å². The van der Waals surface area contributed by atoms with Crippen LogP contribution in [0.4, 0.5) is 0 Å². The molecule has 31 heavy (non-hydrogen) atoms. The normalized spacial score (nSPS) is 22.4. The molecule has 0 spiro atoms. The Morgan fingerprint density at radius 1 is 1.13 bits per heavy atom. The Hall–Kier alpha value is -1.72. The fourth-order valence-electron chi connectivity index (χ4n) is 4.03. The van der Waals surface area contributed by atoms with E-state index < -0.39 is 14.3 Å². The standard InChI is InChI=1S/C26H40O4Si/c1-26(2,3)31(4,5)30-24-19-23(27)21(15-11-6-7-12-16-25(28)29)22(24)18-17-20-13-9-8-10-14-20/h8-10,13-14,17-18,21-22,24H,6-7,11-12,15-16,19H2,1-5H3,(H,28,29)/b18-17+. The Morgan fingerprint density at radius 2 is 1.77 bits per heavy atom. The topological polar surface area (TPSA) is 63.6 Å². The summed E-state index contributed by atoms with van der Waals surface area (Å²) in [5, 5.41) is 8.88. The molecule has 2 rings (SSSR count). The molecule has 0 aliphatic heterocycles. The minimum Gasteiger partial charge on any atom is -0.481 e. The SMILES string of the molecule is CC(C)(C)[Si](C)(C)OC1CC(=O)C(CCCCCCC(=O)O)C1/C=C/c1ccccc1. The van der Waals surface area contributed by atoms with E-state index in [2.05, 4.69) is 58.2 Å². The summed E-state index contributed by atoms with van der Waals surface area (Å²) in [5.41, 5.74) is 1.14. The highest BCUT2D eigenvalue weighted by Gasteiger charge is 2.46. The predicted octanol–water partition coefficient (Wildman–Crippen LogP) is 6.72. The Balaban J connectivity index is 2.09. The summed E-state index contributed by atoms with van der Waals surface area (Å²) in [6.45, 7) is 11.2. The van der Waals surface area contributed by atoms with Crippen LogP contribution < -0.4 is 0 Å². The van der Waals surface area contributed by atoms with Gasteiger partial charge in [-0.2, -0.15) is 0 Å². The molecule has 4 nitrogen and oxygen atoms in total. The van der Waals surface area contributed by atoms with Gasteiger partial charge in [0.15, 0.2) is 8.32 Å². The second-order valence-corrected chi connectivity index (χ2v) is 15.1. The number of unbranched alkanes of at least 4 members (excludes halogenated alkanes) is 3. The minimum atomic E-state index is -1.98. The van der Waals surface area contributed by atoms with Crippen molar-refractivity contribution in [1.29, 1.82) is 0 Å². The van der Waals surface area contributed by atoms with Gasteiger partial charge in [0.05, 0.1) is 6.10 Å². The van der Waals surface area contributed by atoms with E-state index in [1.165, 1.54) is 0 Å². The molecule has 0 heterocycles. The highest BCUT2D eigenvalue weighted by Crippen LogP contribution is 2.43. The molecule has 0 amide bonds. The maximum Gasteiger partial charge on any atom is 0.303 e. The van der Waals surface area contributed by atoms with Gasteiger partial charge < -0.3 is 9.53 Å². The Labute approximate surface area is 189 Å². The summed E-state index contributed by atoms with van der Waals surface area (Å²) >= 11 is 0. The molecule has 1 saturated carbocycles. The lowest BCUT2D eigenvalue weighted by molar-refractivity contribution is -0.137. The van der Waals surface area contributed by atoms with Crippen LogP contribution in [0.5, 0.6) is 0 Å². The van der Waals surface area contributed by atoms with E-state index in [9.17, 15) is 9.59 Å². The van der Waals surface area contributed by atoms with Crippen LogP contribution in [-0.4, -0.2) is 31.3 Å². The van der Waals surface area contributed by atoms with E-state index in [0.717, 1.165) is 31.2 Å². The van der Waals surface area contributed by atoms with Gasteiger partial charge in [0.1, 0.15) is 5.78 Å². The maximum absolute atomic E-state index is 13.0. The van der Waals surface area contributed by atoms with E-state index in [4.69, 9.17) is 9.53 Å². The van der Waals surface area contributed by atoms with Crippen LogP contribution in [0.2, 0.25) is 18.1 Å². The average molecular weight is 445 g/mol. The van der Waals surface area contributed by atoms with Gasteiger partial charge in [-0.1, -0.05) is 82.5 Å². The monoisotopic (exact) mass is 444 g/mol. The third kappa shape index (κ3) is 7.72. The van der Waals surface area contributed by atoms with Crippen LogP contribution >= 0.6 is 0 Å². The van der Waals surface area contributed by atoms with Gasteiger partial charge in [0.2, 0.25) is 0 Å². The molecule has 1 aromatic rings. The van der Waals surface area contributed by atoms with Gasteiger partial charge in [-0.15, -0.1) is 0 Å². The molecule has 172 valence electrons. The quantitative estimate of drug-likeness (QED) is 0.304. The number of ketones is 1. The zero-order valence-corrected chi connectivity index (χ0v) is 20.9. The first-order valence-electron chi connectivity index (χ1n) is 11.7. The van der Waals surface area contributed by atoms with Crippen molar-refractivity contribution >= 4 is 26.1 Å². The van der Waals surface area contributed by atoms with Crippen molar-refractivity contribution in [3.8, 4) is 0 Å². The van der Waals surface area contributed by atoms with Crippen molar-refractivity contribution in [2.45, 2.75) is 90.0 Å². The fourth-order valence-corrected chi connectivity index (χ4v) is 5.38. The second kappa shape index (κ2) is 11.2. The van der Waals surface area contributed by atoms with Crippen molar-refractivity contribution in [3.05, 3.63) is 42.0 Å². The van der Waals surface area contributed by atoms with Gasteiger partial charge in [-0.25, -0.2) is 0 Å². The van der Waals surface area contributed by atoms with Gasteiger partial charge in [-0.3, -0.25) is 9.59 Å². The summed E-state index contributed by atoms with van der Waals surface area (Å²) in [6.07, 6.45) is 9.41. The summed E-state index contributed by atoms with van der Waals surface area (Å²) < 4.78 is 6.74. The highest BCUT2D eigenvalue weighted by atomic mass is 28.4. The highest BCUT2D eigenvalue weighted by molar-refractivity contribution is 6.74. The van der Waals surface area contributed by atoms with Crippen molar-refractivity contribution in [2.24, 2.45) is 11.8 Å².